The summed E-state index contributed by atoms with van der Waals surface area (Å²) in [6, 6.07) is 6.36. The minimum absolute atomic E-state index is 0.975. The van der Waals surface area contributed by atoms with Crippen molar-refractivity contribution in [2.75, 3.05) is 18.0 Å². The van der Waals surface area contributed by atoms with Gasteiger partial charge >= 0.3 is 0 Å². The normalized spacial score (nSPS) is 16.6. The minimum atomic E-state index is 0.975. The van der Waals surface area contributed by atoms with Gasteiger partial charge in [-0.3, -0.25) is 9.97 Å². The Morgan fingerprint density at radius 2 is 1.62 bits per heavy atom. The molecule has 3 rings (SSSR count). The van der Waals surface area contributed by atoms with E-state index in [1.165, 1.54) is 38.0 Å². The lowest BCUT2D eigenvalue weighted by atomic mass is 10.1. The van der Waals surface area contributed by atoms with Crippen molar-refractivity contribution in [1.29, 1.82) is 0 Å². The van der Waals surface area contributed by atoms with E-state index in [4.69, 9.17) is 0 Å². The maximum atomic E-state index is 4.35. The zero-order chi connectivity index (χ0) is 10.8. The van der Waals surface area contributed by atoms with Crippen LogP contribution in [-0.4, -0.2) is 23.1 Å². The zero-order valence-corrected chi connectivity index (χ0v) is 9.26. The third-order valence-corrected chi connectivity index (χ3v) is 3.17. The Kier molecular flexibility index (Phi) is 2.44. The van der Waals surface area contributed by atoms with Gasteiger partial charge in [0.1, 0.15) is 0 Å². The van der Waals surface area contributed by atoms with E-state index in [1.54, 1.807) is 12.4 Å². The van der Waals surface area contributed by atoms with Crippen LogP contribution >= 0.6 is 0 Å². The maximum absolute atomic E-state index is 4.35. The first-order valence-electron chi connectivity index (χ1n) is 5.89. The fourth-order valence-electron chi connectivity index (χ4n) is 2.30. The molecule has 1 fully saturated rings. The number of hydrogen-bond donors (Lipinski definition) is 0. The van der Waals surface area contributed by atoms with Gasteiger partial charge in [0.25, 0.3) is 0 Å². The van der Waals surface area contributed by atoms with Gasteiger partial charge in [-0.2, -0.15) is 0 Å². The predicted octanol–water partition coefficient (Wildman–Crippen LogP) is 2.62. The van der Waals surface area contributed by atoms with Gasteiger partial charge in [-0.15, -0.1) is 0 Å². The van der Waals surface area contributed by atoms with Crippen molar-refractivity contribution in [3.63, 3.8) is 0 Å². The van der Waals surface area contributed by atoms with Crippen molar-refractivity contribution in [3.05, 3.63) is 30.6 Å². The van der Waals surface area contributed by atoms with Crippen LogP contribution in [0.15, 0.2) is 30.6 Å². The maximum Gasteiger partial charge on any atom is 0.0907 e. The predicted molar refractivity (Wildman–Crippen MR) is 65.6 cm³/mol. The van der Waals surface area contributed by atoms with Gasteiger partial charge in [-0.25, -0.2) is 0 Å². The van der Waals surface area contributed by atoms with Crippen LogP contribution in [0, 0.1) is 0 Å². The van der Waals surface area contributed by atoms with E-state index in [0.29, 0.717) is 0 Å². The standard InChI is InChI=1S/C13H15N3/c1-2-8-16(9-3-1)11-4-5-12-13(10-11)15-7-6-14-12/h4-7,10H,1-3,8-9H2. The molecule has 0 amide bonds. The van der Waals surface area contributed by atoms with Gasteiger partial charge in [-0.05, 0) is 37.5 Å². The van der Waals surface area contributed by atoms with Gasteiger partial charge in [0, 0.05) is 31.2 Å². The summed E-state index contributed by atoms with van der Waals surface area (Å²) in [7, 11) is 0. The third kappa shape index (κ3) is 1.73. The van der Waals surface area contributed by atoms with Crippen LogP contribution in [0.3, 0.4) is 0 Å². The Morgan fingerprint density at radius 3 is 2.44 bits per heavy atom. The molecular formula is C13H15N3. The molecule has 0 saturated carbocycles. The molecule has 0 atom stereocenters. The number of aromatic nitrogens is 2. The summed E-state index contributed by atoms with van der Waals surface area (Å²) in [4.78, 5) is 11.1. The van der Waals surface area contributed by atoms with Crippen molar-refractivity contribution in [2.24, 2.45) is 0 Å². The Balaban J connectivity index is 1.97. The highest BCUT2D eigenvalue weighted by molar-refractivity contribution is 5.78. The summed E-state index contributed by atoms with van der Waals surface area (Å²) in [5.74, 6) is 0. The molecule has 0 unspecified atom stereocenters. The topological polar surface area (TPSA) is 29.0 Å². The van der Waals surface area contributed by atoms with Crippen LogP contribution < -0.4 is 4.90 Å². The number of hydrogen-bond acceptors (Lipinski definition) is 3. The lowest BCUT2D eigenvalue weighted by Crippen LogP contribution is -2.29. The van der Waals surface area contributed by atoms with E-state index in [0.717, 1.165) is 11.0 Å². The lowest BCUT2D eigenvalue weighted by molar-refractivity contribution is 0.578. The van der Waals surface area contributed by atoms with Crippen molar-refractivity contribution in [1.82, 2.24) is 9.97 Å². The Labute approximate surface area is 95.1 Å². The second kappa shape index (κ2) is 4.08. The molecule has 0 bridgehead atoms. The Hall–Kier alpha value is -1.64. The lowest BCUT2D eigenvalue weighted by Gasteiger charge is -2.28. The van der Waals surface area contributed by atoms with Crippen molar-refractivity contribution >= 4 is 16.7 Å². The second-order valence-electron chi connectivity index (χ2n) is 4.28. The van der Waals surface area contributed by atoms with Gasteiger partial charge < -0.3 is 4.90 Å². The van der Waals surface area contributed by atoms with Crippen LogP contribution in [-0.2, 0) is 0 Å². The van der Waals surface area contributed by atoms with E-state index >= 15 is 0 Å². The molecule has 3 heteroatoms. The Bertz CT molecular complexity index is 489. The van der Waals surface area contributed by atoms with Crippen molar-refractivity contribution in [2.45, 2.75) is 19.3 Å². The molecule has 0 radical (unpaired) electrons. The molecule has 0 aliphatic carbocycles. The molecule has 16 heavy (non-hydrogen) atoms. The number of benzene rings is 1. The van der Waals surface area contributed by atoms with Crippen LogP contribution in [0.4, 0.5) is 5.69 Å². The van der Waals surface area contributed by atoms with Gasteiger partial charge in [0.05, 0.1) is 11.0 Å². The monoisotopic (exact) mass is 213 g/mol. The molecular weight excluding hydrogens is 198 g/mol. The Morgan fingerprint density at radius 1 is 0.875 bits per heavy atom. The first-order chi connectivity index (χ1) is 7.93. The number of piperidine rings is 1. The highest BCUT2D eigenvalue weighted by Crippen LogP contribution is 2.22. The summed E-state index contributed by atoms with van der Waals surface area (Å²) in [5, 5.41) is 0. The third-order valence-electron chi connectivity index (χ3n) is 3.17. The molecule has 1 aromatic carbocycles. The fourth-order valence-corrected chi connectivity index (χ4v) is 2.30. The molecule has 0 spiro atoms. The fraction of sp³-hybridized carbons (Fsp3) is 0.385. The molecule has 1 aliphatic heterocycles. The first kappa shape index (κ1) is 9.58. The number of fused-ring (bicyclic) bond motifs is 1. The van der Waals surface area contributed by atoms with Gasteiger partial charge in [0.2, 0.25) is 0 Å². The molecule has 1 aliphatic rings. The second-order valence-corrected chi connectivity index (χ2v) is 4.28. The molecule has 1 saturated heterocycles. The van der Waals surface area contributed by atoms with E-state index in [9.17, 15) is 0 Å². The summed E-state index contributed by atoms with van der Waals surface area (Å²) in [6.07, 6.45) is 7.46. The van der Waals surface area contributed by atoms with E-state index < -0.39 is 0 Å². The average molecular weight is 213 g/mol. The zero-order valence-electron chi connectivity index (χ0n) is 9.26. The number of anilines is 1. The molecule has 82 valence electrons. The summed E-state index contributed by atoms with van der Waals surface area (Å²) < 4.78 is 0. The van der Waals surface area contributed by atoms with E-state index in [-0.39, 0.29) is 0 Å². The first-order valence-corrected chi connectivity index (χ1v) is 5.89. The van der Waals surface area contributed by atoms with E-state index in [2.05, 4.69) is 33.1 Å². The van der Waals surface area contributed by atoms with E-state index in [1.807, 2.05) is 0 Å². The smallest absolute Gasteiger partial charge is 0.0907 e. The minimum Gasteiger partial charge on any atom is -0.371 e. The van der Waals surface area contributed by atoms with Gasteiger partial charge in [-0.1, -0.05) is 0 Å². The van der Waals surface area contributed by atoms with Crippen LogP contribution in [0.2, 0.25) is 0 Å². The van der Waals surface area contributed by atoms with Gasteiger partial charge in [0.15, 0.2) is 0 Å². The molecule has 2 aromatic rings. The highest BCUT2D eigenvalue weighted by Gasteiger charge is 2.11. The van der Waals surface area contributed by atoms with Crippen LogP contribution in [0.25, 0.3) is 11.0 Å². The number of rotatable bonds is 1. The summed E-state index contributed by atoms with van der Waals surface area (Å²) in [6.45, 7) is 2.34. The number of nitrogens with zero attached hydrogens (tertiary/aromatic N) is 3. The van der Waals surface area contributed by atoms with Crippen molar-refractivity contribution in [3.8, 4) is 0 Å². The highest BCUT2D eigenvalue weighted by atomic mass is 15.1. The molecule has 3 nitrogen and oxygen atoms in total. The summed E-state index contributed by atoms with van der Waals surface area (Å²) in [5.41, 5.74) is 3.25. The SMILES string of the molecule is c1cnc2cc(N3CCCCC3)ccc2n1. The average Bonchev–Trinajstić information content (AvgIpc) is 2.39. The van der Waals surface area contributed by atoms with Crippen LogP contribution in [0.1, 0.15) is 19.3 Å². The quantitative estimate of drug-likeness (QED) is 0.729. The summed E-state index contributed by atoms with van der Waals surface area (Å²) >= 11 is 0. The molecule has 2 heterocycles. The molecule has 1 aromatic heterocycles. The van der Waals surface area contributed by atoms with Crippen molar-refractivity contribution < 1.29 is 0 Å². The largest absolute Gasteiger partial charge is 0.371 e. The van der Waals surface area contributed by atoms with Crippen LogP contribution in [0.5, 0.6) is 0 Å². The molecule has 0 N–H and O–H groups in total.